The SMILES string of the molecule is CCC=CC=CCC=CC=CCCCCCC. The first-order chi connectivity index (χ1) is 8.41. The van der Waals surface area contributed by atoms with E-state index in [0.29, 0.717) is 0 Å². The minimum absolute atomic E-state index is 1.02. The van der Waals surface area contributed by atoms with Crippen LogP contribution in [-0.4, -0.2) is 0 Å². The van der Waals surface area contributed by atoms with Crippen LogP contribution in [0, 0.1) is 0 Å². The van der Waals surface area contributed by atoms with E-state index >= 15 is 0 Å². The largest absolute Gasteiger partial charge is 0.0848 e. The van der Waals surface area contributed by atoms with E-state index < -0.39 is 0 Å². The Bertz CT molecular complexity index is 241. The van der Waals surface area contributed by atoms with Crippen molar-refractivity contribution in [3.8, 4) is 0 Å². The van der Waals surface area contributed by atoms with Crippen LogP contribution in [0.5, 0.6) is 0 Å². The molecule has 0 aromatic rings. The van der Waals surface area contributed by atoms with Gasteiger partial charge in [-0.15, -0.1) is 0 Å². The molecule has 0 atom stereocenters. The van der Waals surface area contributed by atoms with Crippen LogP contribution in [0.2, 0.25) is 0 Å². The monoisotopic (exact) mass is 232 g/mol. The van der Waals surface area contributed by atoms with Crippen LogP contribution in [0.25, 0.3) is 0 Å². The molecule has 0 bridgehead atoms. The molecule has 0 heterocycles. The van der Waals surface area contributed by atoms with Gasteiger partial charge in [0, 0.05) is 0 Å². The molecule has 17 heavy (non-hydrogen) atoms. The Labute approximate surface area is 108 Å². The average molecular weight is 232 g/mol. The lowest BCUT2D eigenvalue weighted by molar-refractivity contribution is 0.674. The van der Waals surface area contributed by atoms with E-state index in [9.17, 15) is 0 Å². The lowest BCUT2D eigenvalue weighted by atomic mass is 10.1. The normalized spacial score (nSPS) is 12.8. The first kappa shape index (κ1) is 16.0. The van der Waals surface area contributed by atoms with Crippen LogP contribution in [0.3, 0.4) is 0 Å². The topological polar surface area (TPSA) is 0 Å². The second kappa shape index (κ2) is 15.0. The van der Waals surface area contributed by atoms with E-state index in [1.807, 2.05) is 0 Å². The van der Waals surface area contributed by atoms with Crippen LogP contribution in [0.15, 0.2) is 48.6 Å². The molecule has 0 N–H and O–H groups in total. The van der Waals surface area contributed by atoms with Gasteiger partial charge in [-0.2, -0.15) is 0 Å². The summed E-state index contributed by atoms with van der Waals surface area (Å²) in [5, 5.41) is 0. The summed E-state index contributed by atoms with van der Waals surface area (Å²) in [5.74, 6) is 0. The summed E-state index contributed by atoms with van der Waals surface area (Å²) in [7, 11) is 0. The minimum Gasteiger partial charge on any atom is -0.0848 e. The van der Waals surface area contributed by atoms with E-state index in [1.165, 1.54) is 32.1 Å². The molecule has 0 unspecified atom stereocenters. The van der Waals surface area contributed by atoms with Crippen molar-refractivity contribution in [2.45, 2.75) is 58.8 Å². The molecular weight excluding hydrogens is 204 g/mol. The predicted molar refractivity (Wildman–Crippen MR) is 80.2 cm³/mol. The maximum Gasteiger partial charge on any atom is -0.0163 e. The lowest BCUT2D eigenvalue weighted by Crippen LogP contribution is -1.72. The Balaban J connectivity index is 3.37. The third kappa shape index (κ3) is 15.0. The van der Waals surface area contributed by atoms with Crippen LogP contribution < -0.4 is 0 Å². The van der Waals surface area contributed by atoms with Gasteiger partial charge in [-0.25, -0.2) is 0 Å². The highest BCUT2D eigenvalue weighted by Crippen LogP contribution is 2.02. The van der Waals surface area contributed by atoms with E-state index in [-0.39, 0.29) is 0 Å². The van der Waals surface area contributed by atoms with Gasteiger partial charge < -0.3 is 0 Å². The molecule has 0 spiro atoms. The molecule has 0 aliphatic carbocycles. The van der Waals surface area contributed by atoms with Gasteiger partial charge in [0.05, 0.1) is 0 Å². The number of unbranched alkanes of at least 4 members (excludes halogenated alkanes) is 4. The molecule has 0 aromatic heterocycles. The summed E-state index contributed by atoms with van der Waals surface area (Å²) in [6.07, 6.45) is 26.1. The summed E-state index contributed by atoms with van der Waals surface area (Å²) >= 11 is 0. The summed E-state index contributed by atoms with van der Waals surface area (Å²) in [4.78, 5) is 0. The van der Waals surface area contributed by atoms with Crippen molar-refractivity contribution >= 4 is 0 Å². The lowest BCUT2D eigenvalue weighted by Gasteiger charge is -1.92. The van der Waals surface area contributed by atoms with Crippen molar-refractivity contribution in [1.29, 1.82) is 0 Å². The van der Waals surface area contributed by atoms with Gasteiger partial charge in [0.2, 0.25) is 0 Å². The molecule has 0 saturated heterocycles. The Morgan fingerprint density at radius 1 is 0.647 bits per heavy atom. The maximum absolute atomic E-state index is 2.27. The second-order valence-electron chi connectivity index (χ2n) is 4.21. The second-order valence-corrected chi connectivity index (χ2v) is 4.21. The van der Waals surface area contributed by atoms with Crippen LogP contribution >= 0.6 is 0 Å². The molecule has 0 aliphatic rings. The van der Waals surface area contributed by atoms with Crippen LogP contribution in [0.1, 0.15) is 58.8 Å². The van der Waals surface area contributed by atoms with E-state index in [4.69, 9.17) is 0 Å². The zero-order chi connectivity index (χ0) is 12.6. The molecule has 0 rings (SSSR count). The molecular formula is C17H28. The minimum atomic E-state index is 1.02. The molecule has 0 amide bonds. The fraction of sp³-hybridized carbons (Fsp3) is 0.529. The average Bonchev–Trinajstić information content (AvgIpc) is 2.35. The first-order valence-corrected chi connectivity index (χ1v) is 7.05. The standard InChI is InChI=1S/C17H28/c1-3-5-7-9-11-13-15-17-16-14-12-10-8-6-4-2/h5,7,9,11,14-17H,3-4,6,8,10,12-13H2,1-2H3. The number of rotatable bonds is 10. The Morgan fingerprint density at radius 3 is 1.94 bits per heavy atom. The van der Waals surface area contributed by atoms with Crippen molar-refractivity contribution in [3.63, 3.8) is 0 Å². The Kier molecular flexibility index (Phi) is 14.0. The number of hydrogen-bond donors (Lipinski definition) is 0. The van der Waals surface area contributed by atoms with Gasteiger partial charge in [0.1, 0.15) is 0 Å². The van der Waals surface area contributed by atoms with E-state index in [2.05, 4.69) is 62.5 Å². The fourth-order valence-corrected chi connectivity index (χ4v) is 1.47. The fourth-order valence-electron chi connectivity index (χ4n) is 1.47. The highest BCUT2D eigenvalue weighted by atomic mass is 13.9. The first-order valence-electron chi connectivity index (χ1n) is 7.05. The predicted octanol–water partition coefficient (Wildman–Crippen LogP) is 5.98. The van der Waals surface area contributed by atoms with Gasteiger partial charge in [-0.05, 0) is 25.7 Å². The Morgan fingerprint density at radius 2 is 1.29 bits per heavy atom. The molecule has 0 nitrogen and oxygen atoms in total. The summed E-state index contributed by atoms with van der Waals surface area (Å²) < 4.78 is 0. The summed E-state index contributed by atoms with van der Waals surface area (Å²) in [6.45, 7) is 4.40. The molecule has 0 radical (unpaired) electrons. The summed E-state index contributed by atoms with van der Waals surface area (Å²) in [5.41, 5.74) is 0. The van der Waals surface area contributed by atoms with Crippen LogP contribution in [-0.2, 0) is 0 Å². The smallest absolute Gasteiger partial charge is 0.0163 e. The molecule has 0 aromatic carbocycles. The van der Waals surface area contributed by atoms with Gasteiger partial charge >= 0.3 is 0 Å². The Hall–Kier alpha value is -1.04. The van der Waals surface area contributed by atoms with E-state index in [1.54, 1.807) is 0 Å². The molecule has 0 aliphatic heterocycles. The van der Waals surface area contributed by atoms with E-state index in [0.717, 1.165) is 12.8 Å². The van der Waals surface area contributed by atoms with Crippen molar-refractivity contribution in [2.75, 3.05) is 0 Å². The van der Waals surface area contributed by atoms with Crippen LogP contribution in [0.4, 0.5) is 0 Å². The van der Waals surface area contributed by atoms with Crippen molar-refractivity contribution in [3.05, 3.63) is 48.6 Å². The third-order valence-electron chi connectivity index (χ3n) is 2.50. The maximum atomic E-state index is 2.27. The highest BCUT2D eigenvalue weighted by molar-refractivity contribution is 5.08. The molecule has 0 saturated carbocycles. The molecule has 96 valence electrons. The van der Waals surface area contributed by atoms with Gasteiger partial charge in [0.25, 0.3) is 0 Å². The highest BCUT2D eigenvalue weighted by Gasteiger charge is 1.82. The van der Waals surface area contributed by atoms with Gasteiger partial charge in [-0.1, -0.05) is 81.7 Å². The third-order valence-corrected chi connectivity index (χ3v) is 2.50. The van der Waals surface area contributed by atoms with Crippen molar-refractivity contribution in [2.24, 2.45) is 0 Å². The quantitative estimate of drug-likeness (QED) is 0.321. The molecule has 0 fully saturated rings. The van der Waals surface area contributed by atoms with Crippen molar-refractivity contribution in [1.82, 2.24) is 0 Å². The molecule has 0 heteroatoms. The number of hydrogen-bond acceptors (Lipinski definition) is 0. The zero-order valence-corrected chi connectivity index (χ0v) is 11.6. The zero-order valence-electron chi connectivity index (χ0n) is 11.6. The summed E-state index contributed by atoms with van der Waals surface area (Å²) in [6, 6.07) is 0. The van der Waals surface area contributed by atoms with Gasteiger partial charge in [0.15, 0.2) is 0 Å². The van der Waals surface area contributed by atoms with Gasteiger partial charge in [-0.3, -0.25) is 0 Å². The van der Waals surface area contributed by atoms with Crippen molar-refractivity contribution < 1.29 is 0 Å². The number of allylic oxidation sites excluding steroid dienone is 8.